The molecule has 4 heteroatoms. The van der Waals surface area contributed by atoms with Crippen LogP contribution < -0.4 is 5.32 Å². The molecule has 0 saturated heterocycles. The van der Waals surface area contributed by atoms with Crippen LogP contribution in [0.25, 0.3) is 0 Å². The highest BCUT2D eigenvalue weighted by Crippen LogP contribution is 2.56. The summed E-state index contributed by atoms with van der Waals surface area (Å²) in [4.78, 5) is 24.0. The smallest absolute Gasteiger partial charge is 0.326 e. The SMILES string of the molecule is CC(C)CC(NC(=O)C1C2CC3CC(C2)CC1C3)C(=O)O. The molecule has 0 heterocycles. The van der Waals surface area contributed by atoms with Crippen LogP contribution in [-0.2, 0) is 9.59 Å². The van der Waals surface area contributed by atoms with E-state index in [0.29, 0.717) is 18.3 Å². The van der Waals surface area contributed by atoms with Crippen LogP contribution in [0.15, 0.2) is 0 Å². The van der Waals surface area contributed by atoms with Crippen molar-refractivity contribution in [3.8, 4) is 0 Å². The zero-order valence-corrected chi connectivity index (χ0v) is 13.0. The average Bonchev–Trinajstić information content (AvgIpc) is 2.35. The summed E-state index contributed by atoms with van der Waals surface area (Å²) in [6.45, 7) is 3.98. The van der Waals surface area contributed by atoms with Crippen molar-refractivity contribution in [1.82, 2.24) is 5.32 Å². The molecular formula is C17H27NO3. The second-order valence-corrected chi connectivity index (χ2v) is 7.99. The van der Waals surface area contributed by atoms with Gasteiger partial charge in [-0.1, -0.05) is 13.8 Å². The molecule has 4 nitrogen and oxygen atoms in total. The molecule has 4 bridgehead atoms. The van der Waals surface area contributed by atoms with Crippen LogP contribution in [0.3, 0.4) is 0 Å². The fourth-order valence-corrected chi connectivity index (χ4v) is 5.31. The predicted molar refractivity (Wildman–Crippen MR) is 79.6 cm³/mol. The Morgan fingerprint density at radius 3 is 2.00 bits per heavy atom. The van der Waals surface area contributed by atoms with Crippen molar-refractivity contribution in [3.05, 3.63) is 0 Å². The summed E-state index contributed by atoms with van der Waals surface area (Å²) >= 11 is 0. The van der Waals surface area contributed by atoms with Gasteiger partial charge in [0.25, 0.3) is 0 Å². The molecule has 0 aromatic rings. The van der Waals surface area contributed by atoms with Gasteiger partial charge < -0.3 is 10.4 Å². The van der Waals surface area contributed by atoms with Crippen LogP contribution >= 0.6 is 0 Å². The van der Waals surface area contributed by atoms with Gasteiger partial charge >= 0.3 is 5.97 Å². The van der Waals surface area contributed by atoms with Crippen LogP contribution in [0, 0.1) is 35.5 Å². The molecule has 4 saturated carbocycles. The maximum absolute atomic E-state index is 12.7. The van der Waals surface area contributed by atoms with Gasteiger partial charge in [0.2, 0.25) is 5.91 Å². The first-order valence-corrected chi connectivity index (χ1v) is 8.47. The van der Waals surface area contributed by atoms with E-state index in [1.165, 1.54) is 32.1 Å². The van der Waals surface area contributed by atoms with Gasteiger partial charge in [-0.05, 0) is 68.1 Å². The third kappa shape index (κ3) is 2.95. The molecule has 4 aliphatic rings. The highest BCUT2D eigenvalue weighted by atomic mass is 16.4. The van der Waals surface area contributed by atoms with Crippen molar-refractivity contribution in [2.24, 2.45) is 35.5 Å². The number of carbonyl (C=O) groups is 2. The fraction of sp³-hybridized carbons (Fsp3) is 0.882. The van der Waals surface area contributed by atoms with Gasteiger partial charge in [-0.15, -0.1) is 0 Å². The minimum atomic E-state index is -0.902. The van der Waals surface area contributed by atoms with Crippen LogP contribution in [0.1, 0.15) is 52.4 Å². The third-order valence-electron chi connectivity index (χ3n) is 5.85. The first-order chi connectivity index (χ1) is 9.94. The van der Waals surface area contributed by atoms with Crippen molar-refractivity contribution in [2.45, 2.75) is 58.4 Å². The molecular weight excluding hydrogens is 266 g/mol. The van der Waals surface area contributed by atoms with Crippen LogP contribution in [0.4, 0.5) is 0 Å². The molecule has 0 spiro atoms. The monoisotopic (exact) mass is 293 g/mol. The molecule has 4 rings (SSSR count). The van der Waals surface area contributed by atoms with E-state index in [-0.39, 0.29) is 17.7 Å². The van der Waals surface area contributed by atoms with Gasteiger partial charge in [-0.2, -0.15) is 0 Å². The van der Waals surface area contributed by atoms with Crippen molar-refractivity contribution in [3.63, 3.8) is 0 Å². The van der Waals surface area contributed by atoms with Gasteiger partial charge in [-0.3, -0.25) is 4.79 Å². The number of rotatable bonds is 5. The summed E-state index contributed by atoms with van der Waals surface area (Å²) < 4.78 is 0. The largest absolute Gasteiger partial charge is 0.480 e. The Labute approximate surface area is 126 Å². The Morgan fingerprint density at radius 2 is 1.57 bits per heavy atom. The van der Waals surface area contributed by atoms with Crippen LogP contribution in [-0.4, -0.2) is 23.0 Å². The molecule has 1 atom stereocenters. The number of carboxylic acid groups (broad SMARTS) is 1. The minimum Gasteiger partial charge on any atom is -0.480 e. The maximum atomic E-state index is 12.7. The van der Waals surface area contributed by atoms with Gasteiger partial charge in [0, 0.05) is 5.92 Å². The van der Waals surface area contributed by atoms with Gasteiger partial charge in [0.15, 0.2) is 0 Å². The quantitative estimate of drug-likeness (QED) is 0.819. The Kier molecular flexibility index (Phi) is 3.98. The summed E-state index contributed by atoms with van der Waals surface area (Å²) in [5, 5.41) is 12.1. The molecule has 2 N–H and O–H groups in total. The number of carbonyl (C=O) groups excluding carboxylic acids is 1. The van der Waals surface area contributed by atoms with Gasteiger partial charge in [0.1, 0.15) is 6.04 Å². The standard InChI is InChI=1S/C17H27NO3/c1-9(2)3-14(17(20)21)18-16(19)15-12-5-10-4-11(7-12)8-13(15)6-10/h9-15H,3-8H2,1-2H3,(H,18,19)(H,20,21). The number of nitrogens with one attached hydrogen (secondary N) is 1. The van der Waals surface area contributed by atoms with Crippen LogP contribution in [0.5, 0.6) is 0 Å². The lowest BCUT2D eigenvalue weighted by molar-refractivity contribution is -0.147. The van der Waals surface area contributed by atoms with Crippen molar-refractivity contribution < 1.29 is 14.7 Å². The first kappa shape index (κ1) is 14.9. The minimum absolute atomic E-state index is 0.0110. The highest BCUT2D eigenvalue weighted by Gasteiger charge is 2.51. The van der Waals surface area contributed by atoms with Gasteiger partial charge in [-0.25, -0.2) is 4.79 Å². The number of aliphatic carboxylic acids is 1. The molecule has 4 aliphatic carbocycles. The number of amides is 1. The second-order valence-electron chi connectivity index (χ2n) is 7.99. The molecule has 1 amide bonds. The predicted octanol–water partition coefficient (Wildman–Crippen LogP) is 2.67. The van der Waals surface area contributed by atoms with Crippen LogP contribution in [0.2, 0.25) is 0 Å². The summed E-state index contributed by atoms with van der Waals surface area (Å²) in [5.41, 5.74) is 0. The van der Waals surface area contributed by atoms with E-state index >= 15 is 0 Å². The van der Waals surface area contributed by atoms with Crippen molar-refractivity contribution in [1.29, 1.82) is 0 Å². The topological polar surface area (TPSA) is 66.4 Å². The van der Waals surface area contributed by atoms with Crippen molar-refractivity contribution >= 4 is 11.9 Å². The Morgan fingerprint density at radius 1 is 1.05 bits per heavy atom. The van der Waals surface area contributed by atoms with E-state index in [1.54, 1.807) is 0 Å². The summed E-state index contributed by atoms with van der Waals surface area (Å²) in [6, 6.07) is -0.727. The molecule has 0 aromatic heterocycles. The molecule has 0 aromatic carbocycles. The number of hydrogen-bond acceptors (Lipinski definition) is 2. The van der Waals surface area contributed by atoms with E-state index in [0.717, 1.165) is 11.8 Å². The van der Waals surface area contributed by atoms with E-state index in [1.807, 2.05) is 13.8 Å². The summed E-state index contributed by atoms with van der Waals surface area (Å²) in [5.74, 6) is 2.14. The summed E-state index contributed by atoms with van der Waals surface area (Å²) in [6.07, 6.45) is 6.63. The molecule has 4 fully saturated rings. The zero-order chi connectivity index (χ0) is 15.1. The van der Waals surface area contributed by atoms with E-state index in [2.05, 4.69) is 5.32 Å². The molecule has 0 aliphatic heterocycles. The number of hydrogen-bond donors (Lipinski definition) is 2. The van der Waals surface area contributed by atoms with E-state index < -0.39 is 12.0 Å². The Bertz CT molecular complexity index is 404. The normalized spacial score (nSPS) is 38.5. The second kappa shape index (κ2) is 5.62. The van der Waals surface area contributed by atoms with E-state index in [4.69, 9.17) is 0 Å². The third-order valence-corrected chi connectivity index (χ3v) is 5.85. The fourth-order valence-electron chi connectivity index (χ4n) is 5.31. The molecule has 1 unspecified atom stereocenters. The average molecular weight is 293 g/mol. The molecule has 0 radical (unpaired) electrons. The lowest BCUT2D eigenvalue weighted by Crippen LogP contribution is -2.53. The highest BCUT2D eigenvalue weighted by molar-refractivity contribution is 5.85. The number of carboxylic acids is 1. The molecule has 118 valence electrons. The summed E-state index contributed by atoms with van der Waals surface area (Å²) in [7, 11) is 0. The zero-order valence-electron chi connectivity index (χ0n) is 13.0. The van der Waals surface area contributed by atoms with Crippen molar-refractivity contribution in [2.75, 3.05) is 0 Å². The lowest BCUT2D eigenvalue weighted by atomic mass is 9.51. The first-order valence-electron chi connectivity index (χ1n) is 8.47. The maximum Gasteiger partial charge on any atom is 0.326 e. The van der Waals surface area contributed by atoms with E-state index in [9.17, 15) is 14.7 Å². The lowest BCUT2D eigenvalue weighted by Gasteiger charge is -2.53. The Balaban J connectivity index is 1.66. The molecule has 21 heavy (non-hydrogen) atoms. The Hall–Kier alpha value is -1.06. The van der Waals surface area contributed by atoms with Gasteiger partial charge in [0.05, 0.1) is 0 Å².